The van der Waals surface area contributed by atoms with E-state index in [-0.39, 0.29) is 18.0 Å². The fourth-order valence-electron chi connectivity index (χ4n) is 5.60. The molecule has 0 radical (unpaired) electrons. The van der Waals surface area contributed by atoms with Gasteiger partial charge in [-0.2, -0.15) is 0 Å². The molecule has 0 unspecified atom stereocenters. The maximum Gasteiger partial charge on any atom is 0.163 e. The smallest absolute Gasteiger partial charge is 0.163 e. The number of fused-ring (bicyclic) bond motifs is 2. The maximum absolute atomic E-state index is 13.5. The van der Waals surface area contributed by atoms with Gasteiger partial charge in [0.25, 0.3) is 0 Å². The highest BCUT2D eigenvalue weighted by molar-refractivity contribution is 9.10. The van der Waals surface area contributed by atoms with Crippen LogP contribution in [0, 0.1) is 5.82 Å². The first-order valence-electron chi connectivity index (χ1n) is 10.8. The summed E-state index contributed by atoms with van der Waals surface area (Å²) >= 11 is 3.44. The van der Waals surface area contributed by atoms with Crippen LogP contribution in [0.5, 0.6) is 5.75 Å². The zero-order valence-corrected chi connectivity index (χ0v) is 18.5. The second-order valence-electron chi connectivity index (χ2n) is 9.22. The number of halogens is 2. The van der Waals surface area contributed by atoms with Crippen LogP contribution in [0.1, 0.15) is 58.8 Å². The fraction of sp³-hybridized carbons (Fsp3) is 0.727. The van der Waals surface area contributed by atoms with Gasteiger partial charge in [0.2, 0.25) is 0 Å². The SMILES string of the molecule is CC1(C)OC[C@H]([C@@H](CCB2C3CCCC2CCC3)Oc2ccc(F)cc2Br)O1. The molecule has 2 bridgehead atoms. The first-order chi connectivity index (χ1) is 13.4. The fourth-order valence-corrected chi connectivity index (χ4v) is 6.04. The molecule has 3 nitrogen and oxygen atoms in total. The van der Waals surface area contributed by atoms with E-state index in [1.54, 1.807) is 6.07 Å². The Hall–Kier alpha value is -0.585. The van der Waals surface area contributed by atoms with Gasteiger partial charge in [-0.15, -0.1) is 0 Å². The molecule has 3 aliphatic rings. The molecule has 3 saturated heterocycles. The van der Waals surface area contributed by atoms with Crippen molar-refractivity contribution in [2.75, 3.05) is 6.61 Å². The van der Waals surface area contributed by atoms with E-state index in [0.717, 1.165) is 24.8 Å². The predicted octanol–water partition coefficient (Wildman–Crippen LogP) is 6.48. The van der Waals surface area contributed by atoms with Gasteiger partial charge in [-0.3, -0.25) is 0 Å². The van der Waals surface area contributed by atoms with Crippen LogP contribution in [0.3, 0.4) is 0 Å². The molecule has 3 fully saturated rings. The molecular weight excluding hydrogens is 422 g/mol. The molecule has 0 spiro atoms. The quantitative estimate of drug-likeness (QED) is 0.462. The van der Waals surface area contributed by atoms with E-state index in [0.29, 0.717) is 16.8 Å². The molecule has 2 atom stereocenters. The van der Waals surface area contributed by atoms with Crippen molar-refractivity contribution in [3.63, 3.8) is 0 Å². The summed E-state index contributed by atoms with van der Waals surface area (Å²) in [5, 5.41) is 0. The third-order valence-corrected chi connectivity index (χ3v) is 7.53. The average molecular weight is 453 g/mol. The summed E-state index contributed by atoms with van der Waals surface area (Å²) in [5.41, 5.74) is 0. The van der Waals surface area contributed by atoms with Crippen LogP contribution in [0.25, 0.3) is 0 Å². The third kappa shape index (κ3) is 4.76. The van der Waals surface area contributed by atoms with Gasteiger partial charge >= 0.3 is 0 Å². The van der Waals surface area contributed by atoms with Gasteiger partial charge in [-0.05, 0) is 54.4 Å². The van der Waals surface area contributed by atoms with E-state index in [2.05, 4.69) is 15.9 Å². The molecule has 154 valence electrons. The largest absolute Gasteiger partial charge is 0.486 e. The highest BCUT2D eigenvalue weighted by Gasteiger charge is 2.42. The van der Waals surface area contributed by atoms with Crippen LogP contribution in [0.15, 0.2) is 22.7 Å². The number of hydrogen-bond donors (Lipinski definition) is 0. The Balaban J connectivity index is 1.46. The minimum absolute atomic E-state index is 0.0915. The molecule has 0 N–H and O–H groups in total. The normalized spacial score (nSPS) is 30.3. The number of benzene rings is 1. The van der Waals surface area contributed by atoms with Gasteiger partial charge in [0, 0.05) is 0 Å². The minimum Gasteiger partial charge on any atom is -0.486 e. The van der Waals surface area contributed by atoms with Crippen molar-refractivity contribution in [2.24, 2.45) is 0 Å². The van der Waals surface area contributed by atoms with Gasteiger partial charge in [-0.25, -0.2) is 4.39 Å². The highest BCUT2D eigenvalue weighted by Crippen LogP contribution is 2.48. The monoisotopic (exact) mass is 452 g/mol. The minimum atomic E-state index is -0.576. The second kappa shape index (κ2) is 8.65. The van der Waals surface area contributed by atoms with Crippen molar-refractivity contribution < 1.29 is 18.6 Å². The van der Waals surface area contributed by atoms with E-state index in [1.165, 1.54) is 57.0 Å². The molecule has 0 aromatic heterocycles. The molecule has 0 amide bonds. The standard InChI is InChI=1S/C22H31BBrFO3/c1-22(2)26-14-21(28-22)20(27-19-10-9-17(25)13-18(19)24)11-12-23-15-5-3-6-16(23)8-4-7-15/h9-10,13,15-16,20-21H,3-8,11-12,14H2,1-2H3/t15?,16?,20-,21-/m1/s1. The van der Waals surface area contributed by atoms with E-state index in [9.17, 15) is 4.39 Å². The van der Waals surface area contributed by atoms with Crippen molar-refractivity contribution in [3.05, 3.63) is 28.5 Å². The van der Waals surface area contributed by atoms with Crippen LogP contribution in [-0.4, -0.2) is 31.3 Å². The first kappa shape index (κ1) is 20.7. The topological polar surface area (TPSA) is 27.7 Å². The summed E-state index contributed by atoms with van der Waals surface area (Å²) in [4.78, 5) is 0. The molecule has 3 aliphatic heterocycles. The van der Waals surface area contributed by atoms with Crippen LogP contribution >= 0.6 is 15.9 Å². The highest BCUT2D eigenvalue weighted by atomic mass is 79.9. The predicted molar refractivity (Wildman–Crippen MR) is 114 cm³/mol. The Morgan fingerprint density at radius 2 is 1.89 bits per heavy atom. The summed E-state index contributed by atoms with van der Waals surface area (Å²) in [6, 6.07) is 4.59. The third-order valence-electron chi connectivity index (χ3n) is 6.91. The second-order valence-corrected chi connectivity index (χ2v) is 10.1. The lowest BCUT2D eigenvalue weighted by atomic mass is 9.25. The van der Waals surface area contributed by atoms with E-state index in [1.807, 2.05) is 13.8 Å². The van der Waals surface area contributed by atoms with Crippen molar-refractivity contribution in [1.29, 1.82) is 0 Å². The Labute approximate surface area is 176 Å². The summed E-state index contributed by atoms with van der Waals surface area (Å²) in [6.45, 7) is 5.25. The lowest BCUT2D eigenvalue weighted by Gasteiger charge is -2.41. The van der Waals surface area contributed by atoms with Crippen LogP contribution in [0.4, 0.5) is 4.39 Å². The Morgan fingerprint density at radius 3 is 2.46 bits per heavy atom. The zero-order chi connectivity index (χ0) is 19.7. The molecule has 0 aliphatic carbocycles. The molecule has 0 saturated carbocycles. The maximum atomic E-state index is 13.5. The van der Waals surface area contributed by atoms with E-state index < -0.39 is 5.79 Å². The lowest BCUT2D eigenvalue weighted by molar-refractivity contribution is -0.149. The van der Waals surface area contributed by atoms with Gasteiger partial charge in [0.05, 0.1) is 11.1 Å². The van der Waals surface area contributed by atoms with Crippen molar-refractivity contribution in [2.45, 2.75) is 94.7 Å². The molecular formula is C22H31BBrFO3. The zero-order valence-electron chi connectivity index (χ0n) is 17.0. The van der Waals surface area contributed by atoms with Crippen molar-refractivity contribution in [3.8, 4) is 5.75 Å². The summed E-state index contributed by atoms with van der Waals surface area (Å²) in [7, 11) is 0. The average Bonchev–Trinajstić information content (AvgIpc) is 2.99. The molecule has 1 aromatic carbocycles. The number of rotatable bonds is 6. The molecule has 1 aromatic rings. The Kier molecular flexibility index (Phi) is 6.39. The first-order valence-corrected chi connectivity index (χ1v) is 11.6. The van der Waals surface area contributed by atoms with Gasteiger partial charge in [-0.1, -0.05) is 56.5 Å². The van der Waals surface area contributed by atoms with Crippen LogP contribution in [-0.2, 0) is 9.47 Å². The number of ether oxygens (including phenoxy) is 3. The van der Waals surface area contributed by atoms with Gasteiger partial charge < -0.3 is 14.2 Å². The van der Waals surface area contributed by atoms with Crippen molar-refractivity contribution >= 4 is 22.6 Å². The van der Waals surface area contributed by atoms with E-state index >= 15 is 0 Å². The molecule has 6 heteroatoms. The molecule has 3 heterocycles. The van der Waals surface area contributed by atoms with Gasteiger partial charge in [0.15, 0.2) is 5.79 Å². The van der Waals surface area contributed by atoms with Crippen molar-refractivity contribution in [1.82, 2.24) is 0 Å². The van der Waals surface area contributed by atoms with Crippen LogP contribution < -0.4 is 4.74 Å². The summed E-state index contributed by atoms with van der Waals surface area (Å²) in [5.74, 6) is 1.61. The van der Waals surface area contributed by atoms with E-state index in [4.69, 9.17) is 14.2 Å². The summed E-state index contributed by atoms with van der Waals surface area (Å²) < 4.78 is 32.5. The molecule has 4 rings (SSSR count). The number of hydrogen-bond acceptors (Lipinski definition) is 3. The van der Waals surface area contributed by atoms with Crippen LogP contribution in [0.2, 0.25) is 18.0 Å². The lowest BCUT2D eigenvalue weighted by Crippen LogP contribution is -2.39. The Morgan fingerprint density at radius 1 is 1.21 bits per heavy atom. The summed E-state index contributed by atoms with van der Waals surface area (Å²) in [6.07, 6.45) is 10.3. The van der Waals surface area contributed by atoms with Gasteiger partial charge in [0.1, 0.15) is 30.5 Å². The molecule has 28 heavy (non-hydrogen) atoms. The Bertz CT molecular complexity index is 664.